The van der Waals surface area contributed by atoms with E-state index in [-0.39, 0.29) is 11.9 Å². The molecule has 0 aliphatic carbocycles. The van der Waals surface area contributed by atoms with Gasteiger partial charge >= 0.3 is 11.9 Å². The molecule has 0 aliphatic heterocycles. The topological polar surface area (TPSA) is 52.6 Å². The Hall–Kier alpha value is -1.32. The van der Waals surface area contributed by atoms with E-state index >= 15 is 0 Å². The number of esters is 2. The van der Waals surface area contributed by atoms with Crippen LogP contribution in [-0.2, 0) is 19.1 Å². The second-order valence-electron chi connectivity index (χ2n) is 7.34. The van der Waals surface area contributed by atoms with Gasteiger partial charge in [-0.3, -0.25) is 9.59 Å². The first-order chi connectivity index (χ1) is 11.9. The van der Waals surface area contributed by atoms with Crippen LogP contribution in [0.2, 0.25) is 0 Å². The van der Waals surface area contributed by atoms with Crippen molar-refractivity contribution < 1.29 is 19.1 Å². The van der Waals surface area contributed by atoms with Crippen molar-refractivity contribution in [3.8, 4) is 0 Å². The predicted octanol–water partition coefficient (Wildman–Crippen LogP) is 5.60. The third kappa shape index (κ3) is 18.9. The molecule has 0 aromatic carbocycles. The summed E-state index contributed by atoms with van der Waals surface area (Å²) in [7, 11) is 0. The highest BCUT2D eigenvalue weighted by Gasteiger charge is 2.04. The number of hydrogen-bond acceptors (Lipinski definition) is 4. The summed E-state index contributed by atoms with van der Waals surface area (Å²) in [6.45, 7) is 9.26. The lowest BCUT2D eigenvalue weighted by atomic mass is 10.1. The molecule has 4 heteroatoms. The van der Waals surface area contributed by atoms with Gasteiger partial charge in [0.1, 0.15) is 6.61 Å². The smallest absolute Gasteiger partial charge is 0.306 e. The van der Waals surface area contributed by atoms with Crippen LogP contribution in [0.3, 0.4) is 0 Å². The van der Waals surface area contributed by atoms with Gasteiger partial charge in [-0.2, -0.15) is 0 Å². The third-order valence-corrected chi connectivity index (χ3v) is 3.94. The van der Waals surface area contributed by atoms with Gasteiger partial charge in [-0.1, -0.05) is 45.1 Å². The quantitative estimate of drug-likeness (QED) is 0.218. The molecule has 0 bridgehead atoms. The molecule has 0 saturated carbocycles. The summed E-state index contributed by atoms with van der Waals surface area (Å²) in [5.41, 5.74) is 1.16. The van der Waals surface area contributed by atoms with Crippen LogP contribution in [0.4, 0.5) is 0 Å². The van der Waals surface area contributed by atoms with Crippen molar-refractivity contribution in [2.24, 2.45) is 5.92 Å². The Kier molecular flexibility index (Phi) is 15.3. The van der Waals surface area contributed by atoms with Crippen molar-refractivity contribution >= 4 is 11.9 Å². The number of allylic oxidation sites excluding steroid dienone is 1. The standard InChI is InChI=1S/C21H38O4/c1-18(2)12-11-16-24-20(22)13-9-7-5-6-8-10-14-21(23)25-17-15-19(3)4/h15,18H,5-14,16-17H2,1-4H3. The summed E-state index contributed by atoms with van der Waals surface area (Å²) in [5, 5.41) is 0. The van der Waals surface area contributed by atoms with Gasteiger partial charge in [0.25, 0.3) is 0 Å². The first kappa shape index (κ1) is 23.7. The van der Waals surface area contributed by atoms with Gasteiger partial charge in [-0.05, 0) is 51.5 Å². The lowest BCUT2D eigenvalue weighted by molar-refractivity contribution is -0.144. The molecular weight excluding hydrogens is 316 g/mol. The van der Waals surface area contributed by atoms with Crippen LogP contribution in [0, 0.1) is 5.92 Å². The molecule has 0 fully saturated rings. The molecular formula is C21H38O4. The van der Waals surface area contributed by atoms with Crippen molar-refractivity contribution in [2.45, 2.75) is 91.9 Å². The molecule has 0 spiro atoms. The Morgan fingerprint density at radius 3 is 1.84 bits per heavy atom. The molecule has 0 aromatic rings. The maximum absolute atomic E-state index is 11.5. The van der Waals surface area contributed by atoms with Gasteiger partial charge in [0.2, 0.25) is 0 Å². The minimum Gasteiger partial charge on any atom is -0.466 e. The molecule has 146 valence electrons. The van der Waals surface area contributed by atoms with Gasteiger partial charge in [0.15, 0.2) is 0 Å². The van der Waals surface area contributed by atoms with Crippen molar-refractivity contribution in [3.05, 3.63) is 11.6 Å². The SMILES string of the molecule is CC(C)=CCOC(=O)CCCCCCCCC(=O)OCCCC(C)C. The summed E-state index contributed by atoms with van der Waals surface area (Å²) in [6.07, 6.45) is 11.1. The molecule has 4 nitrogen and oxygen atoms in total. The van der Waals surface area contributed by atoms with Gasteiger partial charge < -0.3 is 9.47 Å². The second kappa shape index (κ2) is 16.2. The maximum atomic E-state index is 11.5. The van der Waals surface area contributed by atoms with Gasteiger partial charge in [-0.25, -0.2) is 0 Å². The van der Waals surface area contributed by atoms with E-state index in [4.69, 9.17) is 9.47 Å². The second-order valence-corrected chi connectivity index (χ2v) is 7.34. The maximum Gasteiger partial charge on any atom is 0.306 e. The van der Waals surface area contributed by atoms with Crippen LogP contribution in [0.5, 0.6) is 0 Å². The van der Waals surface area contributed by atoms with E-state index in [1.807, 2.05) is 19.9 Å². The third-order valence-electron chi connectivity index (χ3n) is 3.94. The number of hydrogen-bond donors (Lipinski definition) is 0. The minimum absolute atomic E-state index is 0.0668. The first-order valence-corrected chi connectivity index (χ1v) is 9.86. The molecule has 0 aromatic heterocycles. The van der Waals surface area contributed by atoms with Crippen molar-refractivity contribution in [3.63, 3.8) is 0 Å². The number of unbranched alkanes of at least 4 members (excludes halogenated alkanes) is 5. The molecule has 0 atom stereocenters. The normalized spacial score (nSPS) is 10.6. The van der Waals surface area contributed by atoms with E-state index in [1.54, 1.807) is 0 Å². The lowest BCUT2D eigenvalue weighted by Gasteiger charge is -2.06. The van der Waals surface area contributed by atoms with Crippen LogP contribution in [0.15, 0.2) is 11.6 Å². The Bertz CT molecular complexity index is 381. The highest BCUT2D eigenvalue weighted by Crippen LogP contribution is 2.10. The van der Waals surface area contributed by atoms with E-state index in [1.165, 1.54) is 0 Å². The monoisotopic (exact) mass is 354 g/mol. The molecule has 0 aliphatic rings. The van der Waals surface area contributed by atoms with E-state index in [0.717, 1.165) is 56.9 Å². The largest absolute Gasteiger partial charge is 0.466 e. The predicted molar refractivity (Wildman–Crippen MR) is 102 cm³/mol. The van der Waals surface area contributed by atoms with E-state index in [2.05, 4.69) is 13.8 Å². The summed E-state index contributed by atoms with van der Waals surface area (Å²) >= 11 is 0. The highest BCUT2D eigenvalue weighted by molar-refractivity contribution is 5.69. The fourth-order valence-electron chi connectivity index (χ4n) is 2.37. The van der Waals surface area contributed by atoms with E-state index in [9.17, 15) is 9.59 Å². The summed E-state index contributed by atoms with van der Waals surface area (Å²) < 4.78 is 10.3. The lowest BCUT2D eigenvalue weighted by Crippen LogP contribution is -2.06. The van der Waals surface area contributed by atoms with E-state index < -0.39 is 0 Å². The van der Waals surface area contributed by atoms with Crippen LogP contribution in [-0.4, -0.2) is 25.2 Å². The average Bonchev–Trinajstić information content (AvgIpc) is 2.53. The fourth-order valence-corrected chi connectivity index (χ4v) is 2.37. The van der Waals surface area contributed by atoms with Crippen LogP contribution in [0.25, 0.3) is 0 Å². The number of carbonyl (C=O) groups is 2. The molecule has 0 unspecified atom stereocenters. The Balaban J connectivity index is 3.34. The summed E-state index contributed by atoms with van der Waals surface area (Å²) in [5.74, 6) is 0.485. The van der Waals surface area contributed by atoms with Crippen LogP contribution in [0.1, 0.15) is 91.9 Å². The van der Waals surface area contributed by atoms with Crippen LogP contribution >= 0.6 is 0 Å². The van der Waals surface area contributed by atoms with Crippen molar-refractivity contribution in [1.82, 2.24) is 0 Å². The average molecular weight is 355 g/mol. The Morgan fingerprint density at radius 1 is 0.800 bits per heavy atom. The number of rotatable bonds is 15. The van der Waals surface area contributed by atoms with Crippen molar-refractivity contribution in [2.75, 3.05) is 13.2 Å². The Labute approximate surface area is 154 Å². The first-order valence-electron chi connectivity index (χ1n) is 9.86. The van der Waals surface area contributed by atoms with Gasteiger partial charge in [0, 0.05) is 12.8 Å². The molecule has 25 heavy (non-hydrogen) atoms. The Morgan fingerprint density at radius 2 is 1.32 bits per heavy atom. The van der Waals surface area contributed by atoms with Crippen molar-refractivity contribution in [1.29, 1.82) is 0 Å². The van der Waals surface area contributed by atoms with E-state index in [0.29, 0.717) is 32.0 Å². The van der Waals surface area contributed by atoms with Crippen LogP contribution < -0.4 is 0 Å². The molecule has 0 rings (SSSR count). The zero-order chi connectivity index (χ0) is 18.9. The summed E-state index contributed by atoms with van der Waals surface area (Å²) in [6, 6.07) is 0. The highest BCUT2D eigenvalue weighted by atomic mass is 16.5. The summed E-state index contributed by atoms with van der Waals surface area (Å²) in [4.78, 5) is 23.0. The zero-order valence-electron chi connectivity index (χ0n) is 16.8. The van der Waals surface area contributed by atoms with Gasteiger partial charge in [-0.15, -0.1) is 0 Å². The molecule has 0 amide bonds. The molecule has 0 saturated heterocycles. The minimum atomic E-state index is -0.113. The number of carbonyl (C=O) groups excluding carboxylic acids is 2. The molecule has 0 radical (unpaired) electrons. The molecule has 0 N–H and O–H groups in total. The zero-order valence-corrected chi connectivity index (χ0v) is 16.8. The number of ether oxygens (including phenoxy) is 2. The fraction of sp³-hybridized carbons (Fsp3) is 0.810. The van der Waals surface area contributed by atoms with Gasteiger partial charge in [0.05, 0.1) is 6.61 Å². The molecule has 0 heterocycles.